The van der Waals surface area contributed by atoms with Crippen molar-refractivity contribution < 1.29 is 22.7 Å². The van der Waals surface area contributed by atoms with Crippen LogP contribution in [-0.2, 0) is 14.6 Å². The molecule has 2 aliphatic rings. The summed E-state index contributed by atoms with van der Waals surface area (Å²) in [6.45, 7) is 0.0877. The van der Waals surface area contributed by atoms with Crippen LogP contribution in [-0.4, -0.2) is 62.4 Å². The van der Waals surface area contributed by atoms with Gasteiger partial charge in [0, 0.05) is 29.0 Å². The zero-order chi connectivity index (χ0) is 24.8. The molecule has 1 heterocycles. The van der Waals surface area contributed by atoms with Crippen LogP contribution in [0.15, 0.2) is 48.5 Å². The molecular weight excluding hydrogens is 466 g/mol. The summed E-state index contributed by atoms with van der Waals surface area (Å²) in [5, 5.41) is 5.99. The number of amides is 2. The second-order valence-corrected chi connectivity index (χ2v) is 11.5. The number of nitrogens with one attached hydrogen (secondary N) is 2. The lowest BCUT2D eigenvalue weighted by Crippen LogP contribution is -2.50. The lowest BCUT2D eigenvalue weighted by molar-refractivity contribution is -0.134. The Morgan fingerprint density at radius 1 is 0.914 bits per heavy atom. The number of carbonyl (C=O) groups excluding carboxylic acids is 2. The van der Waals surface area contributed by atoms with Crippen LogP contribution >= 0.6 is 0 Å². The summed E-state index contributed by atoms with van der Waals surface area (Å²) in [6, 6.07) is 13.9. The van der Waals surface area contributed by atoms with E-state index in [1.165, 1.54) is 0 Å². The van der Waals surface area contributed by atoms with E-state index >= 15 is 0 Å². The van der Waals surface area contributed by atoms with E-state index in [9.17, 15) is 18.0 Å². The third-order valence-electron chi connectivity index (χ3n) is 6.80. The predicted octanol–water partition coefficient (Wildman–Crippen LogP) is 3.71. The predicted molar refractivity (Wildman–Crippen MR) is 137 cm³/mol. The molecule has 1 aliphatic carbocycles. The van der Waals surface area contributed by atoms with Gasteiger partial charge in [0.15, 0.2) is 9.84 Å². The third-order valence-corrected chi connectivity index (χ3v) is 8.55. The van der Waals surface area contributed by atoms with Gasteiger partial charge >= 0.3 is 0 Å². The molecule has 2 fully saturated rings. The van der Waals surface area contributed by atoms with Crippen LogP contribution in [0, 0.1) is 0 Å². The van der Waals surface area contributed by atoms with Crippen LogP contribution in [0.5, 0.6) is 5.75 Å². The largest absolute Gasteiger partial charge is 0.497 e. The van der Waals surface area contributed by atoms with Crippen molar-refractivity contribution in [2.24, 2.45) is 0 Å². The highest BCUT2D eigenvalue weighted by Gasteiger charge is 2.38. The molecule has 35 heavy (non-hydrogen) atoms. The van der Waals surface area contributed by atoms with Gasteiger partial charge < -0.3 is 20.3 Å². The number of hydrogen-bond acceptors (Lipinski definition) is 6. The lowest BCUT2D eigenvalue weighted by Gasteiger charge is -2.38. The molecule has 1 saturated carbocycles. The smallest absolute Gasteiger partial charge is 0.255 e. The molecule has 0 radical (unpaired) electrons. The van der Waals surface area contributed by atoms with Crippen LogP contribution in [0.25, 0.3) is 0 Å². The average molecular weight is 500 g/mol. The van der Waals surface area contributed by atoms with Gasteiger partial charge in [0.25, 0.3) is 5.91 Å². The van der Waals surface area contributed by atoms with E-state index in [1.54, 1.807) is 55.6 Å². The molecule has 8 nitrogen and oxygen atoms in total. The summed E-state index contributed by atoms with van der Waals surface area (Å²) in [5.41, 5.74) is 1.89. The fourth-order valence-electron chi connectivity index (χ4n) is 4.95. The Bertz CT molecular complexity index is 1130. The third kappa shape index (κ3) is 6.54. The average Bonchev–Trinajstić information content (AvgIpc) is 3.23. The molecule has 2 N–H and O–H groups in total. The first-order valence-electron chi connectivity index (χ1n) is 12.2. The van der Waals surface area contributed by atoms with Gasteiger partial charge in [-0.25, -0.2) is 8.42 Å². The Hall–Kier alpha value is -3.07. The minimum atomic E-state index is -3.08. The van der Waals surface area contributed by atoms with E-state index in [0.717, 1.165) is 37.8 Å². The number of anilines is 2. The standard InChI is InChI=1S/C26H33N3O5S/c1-34-24-13-11-21(12-14-24)28-26(31)19-7-9-20(10-8-19)27-17-25(30)29(22-5-3-2-4-6-22)23-15-16-35(32,33)18-23/h7-14,22-23,27H,2-6,15-18H2,1H3,(H,28,31)/t23-/m0/s1. The number of hydrogen-bond donors (Lipinski definition) is 2. The van der Waals surface area contributed by atoms with Gasteiger partial charge in [-0.15, -0.1) is 0 Å². The minimum absolute atomic E-state index is 0.0627. The highest BCUT2D eigenvalue weighted by atomic mass is 32.2. The zero-order valence-corrected chi connectivity index (χ0v) is 20.9. The second-order valence-electron chi connectivity index (χ2n) is 9.26. The van der Waals surface area contributed by atoms with Crippen LogP contribution in [0.4, 0.5) is 11.4 Å². The summed E-state index contributed by atoms with van der Waals surface area (Å²) in [5.74, 6) is 0.628. The Kier molecular flexibility index (Phi) is 7.95. The molecule has 4 rings (SSSR count). The Labute approximate surface area is 207 Å². The summed E-state index contributed by atoms with van der Waals surface area (Å²) in [4.78, 5) is 27.6. The Morgan fingerprint density at radius 3 is 2.17 bits per heavy atom. The van der Waals surface area contributed by atoms with E-state index in [1.807, 2.05) is 4.90 Å². The highest BCUT2D eigenvalue weighted by Crippen LogP contribution is 2.28. The van der Waals surface area contributed by atoms with Crippen molar-refractivity contribution >= 4 is 33.0 Å². The molecule has 1 saturated heterocycles. The van der Waals surface area contributed by atoms with Gasteiger partial charge in [0.1, 0.15) is 5.75 Å². The van der Waals surface area contributed by atoms with E-state index in [2.05, 4.69) is 10.6 Å². The van der Waals surface area contributed by atoms with Crippen molar-refractivity contribution in [2.45, 2.75) is 50.6 Å². The molecule has 0 unspecified atom stereocenters. The quantitative estimate of drug-likeness (QED) is 0.574. The van der Waals surface area contributed by atoms with Gasteiger partial charge in [-0.05, 0) is 67.8 Å². The van der Waals surface area contributed by atoms with Crippen LogP contribution < -0.4 is 15.4 Å². The number of carbonyl (C=O) groups is 2. The molecular formula is C26H33N3O5S. The van der Waals surface area contributed by atoms with E-state index < -0.39 is 9.84 Å². The Morgan fingerprint density at radius 2 is 1.57 bits per heavy atom. The van der Waals surface area contributed by atoms with Gasteiger partial charge in [-0.3, -0.25) is 9.59 Å². The molecule has 0 bridgehead atoms. The fraction of sp³-hybridized carbons (Fsp3) is 0.462. The molecule has 2 amide bonds. The topological polar surface area (TPSA) is 105 Å². The van der Waals surface area contributed by atoms with Gasteiger partial charge in [0.05, 0.1) is 25.2 Å². The van der Waals surface area contributed by atoms with Crippen molar-refractivity contribution in [3.8, 4) is 5.75 Å². The minimum Gasteiger partial charge on any atom is -0.497 e. The molecule has 0 spiro atoms. The van der Waals surface area contributed by atoms with Crippen LogP contribution in [0.3, 0.4) is 0 Å². The molecule has 2 aromatic carbocycles. The molecule has 1 atom stereocenters. The van der Waals surface area contributed by atoms with Gasteiger partial charge in [-0.1, -0.05) is 19.3 Å². The monoisotopic (exact) mass is 499 g/mol. The number of sulfone groups is 1. The summed E-state index contributed by atoms with van der Waals surface area (Å²) >= 11 is 0. The first-order chi connectivity index (χ1) is 16.8. The first kappa shape index (κ1) is 25.0. The van der Waals surface area contributed by atoms with Gasteiger partial charge in [0.2, 0.25) is 5.91 Å². The number of rotatable bonds is 8. The molecule has 1 aliphatic heterocycles. The maximum atomic E-state index is 13.2. The van der Waals surface area contributed by atoms with E-state index in [-0.39, 0.29) is 41.9 Å². The van der Waals surface area contributed by atoms with E-state index in [0.29, 0.717) is 23.4 Å². The highest BCUT2D eigenvalue weighted by molar-refractivity contribution is 7.91. The van der Waals surface area contributed by atoms with Crippen molar-refractivity contribution in [3.63, 3.8) is 0 Å². The Balaban J connectivity index is 1.35. The molecule has 2 aromatic rings. The summed E-state index contributed by atoms with van der Waals surface area (Å²) in [6.07, 6.45) is 5.68. The van der Waals surface area contributed by atoms with Crippen molar-refractivity contribution in [1.82, 2.24) is 4.90 Å². The zero-order valence-electron chi connectivity index (χ0n) is 20.0. The van der Waals surface area contributed by atoms with Crippen LogP contribution in [0.2, 0.25) is 0 Å². The fourth-order valence-corrected chi connectivity index (χ4v) is 6.66. The first-order valence-corrected chi connectivity index (χ1v) is 14.0. The van der Waals surface area contributed by atoms with Crippen LogP contribution in [0.1, 0.15) is 48.9 Å². The van der Waals surface area contributed by atoms with E-state index in [4.69, 9.17) is 4.74 Å². The second kappa shape index (κ2) is 11.1. The maximum Gasteiger partial charge on any atom is 0.255 e. The van der Waals surface area contributed by atoms with Crippen molar-refractivity contribution in [1.29, 1.82) is 0 Å². The maximum absolute atomic E-state index is 13.2. The normalized spacial score (nSPS) is 19.6. The van der Waals surface area contributed by atoms with Crippen molar-refractivity contribution in [3.05, 3.63) is 54.1 Å². The number of ether oxygens (including phenoxy) is 1. The lowest BCUT2D eigenvalue weighted by atomic mass is 9.93. The summed E-state index contributed by atoms with van der Waals surface area (Å²) in [7, 11) is -1.49. The number of benzene rings is 2. The number of methoxy groups -OCH3 is 1. The molecule has 188 valence electrons. The molecule has 9 heteroatoms. The summed E-state index contributed by atoms with van der Waals surface area (Å²) < 4.78 is 29.3. The van der Waals surface area contributed by atoms with Crippen molar-refractivity contribution in [2.75, 3.05) is 35.8 Å². The number of nitrogens with zero attached hydrogens (tertiary/aromatic N) is 1. The van der Waals surface area contributed by atoms with Gasteiger partial charge in [-0.2, -0.15) is 0 Å². The molecule has 0 aromatic heterocycles. The SMILES string of the molecule is COc1ccc(NC(=O)c2ccc(NCC(=O)N(C3CCCCC3)[C@H]3CCS(=O)(=O)C3)cc2)cc1.